The Hall–Kier alpha value is -3.49. The molecule has 0 unspecified atom stereocenters. The van der Waals surface area contributed by atoms with Gasteiger partial charge in [-0.1, -0.05) is 0 Å². The largest absolute Gasteiger partial charge is 0.416 e. The molecule has 2 aromatic heterocycles. The van der Waals surface area contributed by atoms with Gasteiger partial charge in [-0.15, -0.1) is 0 Å². The fraction of sp³-hybridized carbons (Fsp3) is 0.150. The van der Waals surface area contributed by atoms with Crippen molar-refractivity contribution >= 4 is 22.5 Å². The molecule has 148 valence electrons. The summed E-state index contributed by atoms with van der Waals surface area (Å²) in [5.41, 5.74) is 1.52. The number of nitrogens with zero attached hydrogens (tertiary/aromatic N) is 4. The van der Waals surface area contributed by atoms with Crippen LogP contribution in [-0.4, -0.2) is 19.7 Å². The van der Waals surface area contributed by atoms with Gasteiger partial charge in [-0.25, -0.2) is 14.4 Å². The minimum absolute atomic E-state index is 0.343. The summed E-state index contributed by atoms with van der Waals surface area (Å²) in [4.78, 5) is 9.04. The monoisotopic (exact) mass is 401 g/mol. The van der Waals surface area contributed by atoms with Crippen LogP contribution in [0.2, 0.25) is 0 Å². The first-order valence-electron chi connectivity index (χ1n) is 8.64. The molecule has 9 heteroatoms. The molecular weight excluding hydrogens is 386 g/mol. The molecule has 0 aliphatic rings. The number of fused-ring (bicyclic) bond motifs is 1. The third-order valence-electron chi connectivity index (χ3n) is 4.44. The van der Waals surface area contributed by atoms with Crippen LogP contribution in [0.15, 0.2) is 48.5 Å². The van der Waals surface area contributed by atoms with Crippen molar-refractivity contribution in [1.29, 1.82) is 0 Å². The summed E-state index contributed by atoms with van der Waals surface area (Å²) in [5.74, 6) is 0.365. The predicted molar refractivity (Wildman–Crippen MR) is 101 cm³/mol. The highest BCUT2D eigenvalue weighted by Gasteiger charge is 2.30. The van der Waals surface area contributed by atoms with Crippen molar-refractivity contribution in [3.8, 4) is 11.4 Å². The second kappa shape index (κ2) is 6.84. The molecule has 2 heterocycles. The highest BCUT2D eigenvalue weighted by Crippen LogP contribution is 2.32. The number of alkyl halides is 3. The van der Waals surface area contributed by atoms with E-state index in [1.807, 2.05) is 0 Å². The Morgan fingerprint density at radius 1 is 0.931 bits per heavy atom. The Morgan fingerprint density at radius 2 is 1.59 bits per heavy atom. The smallest absolute Gasteiger partial charge is 0.339 e. The van der Waals surface area contributed by atoms with Gasteiger partial charge in [0.2, 0.25) is 0 Å². The van der Waals surface area contributed by atoms with Crippen molar-refractivity contribution in [3.05, 3.63) is 65.6 Å². The second-order valence-electron chi connectivity index (χ2n) is 6.51. The fourth-order valence-corrected chi connectivity index (χ4v) is 3.04. The van der Waals surface area contributed by atoms with Crippen LogP contribution in [0.4, 0.5) is 29.1 Å². The van der Waals surface area contributed by atoms with Crippen LogP contribution in [0.5, 0.6) is 0 Å². The molecule has 0 amide bonds. The Bertz CT molecular complexity index is 1180. The third-order valence-corrected chi connectivity index (χ3v) is 4.44. The third kappa shape index (κ3) is 3.63. The molecule has 1 N–H and O–H groups in total. The average Bonchev–Trinajstić information content (AvgIpc) is 2.96. The minimum Gasteiger partial charge on any atom is -0.339 e. The van der Waals surface area contributed by atoms with E-state index >= 15 is 0 Å². The number of rotatable bonds is 3. The zero-order valence-corrected chi connectivity index (χ0v) is 15.4. The first-order chi connectivity index (χ1) is 13.7. The number of hydrogen-bond acceptors (Lipinski definition) is 4. The highest BCUT2D eigenvalue weighted by molar-refractivity contribution is 5.92. The van der Waals surface area contributed by atoms with Crippen LogP contribution in [-0.2, 0) is 13.2 Å². The van der Waals surface area contributed by atoms with Crippen LogP contribution in [0.3, 0.4) is 0 Å². The van der Waals surface area contributed by atoms with Gasteiger partial charge in [-0.2, -0.15) is 18.3 Å². The van der Waals surface area contributed by atoms with Crippen LogP contribution in [0, 0.1) is 12.7 Å². The molecule has 4 aromatic rings. The number of halogens is 4. The molecule has 0 spiro atoms. The lowest BCUT2D eigenvalue weighted by Gasteiger charge is -2.11. The van der Waals surface area contributed by atoms with Gasteiger partial charge in [0, 0.05) is 18.3 Å². The van der Waals surface area contributed by atoms with E-state index in [4.69, 9.17) is 0 Å². The zero-order valence-electron chi connectivity index (χ0n) is 15.4. The van der Waals surface area contributed by atoms with Gasteiger partial charge < -0.3 is 5.32 Å². The standard InChI is InChI=1S/C20H15F4N5/c1-11-16-18(25-15-9-5-13(6-10-15)20(22,23)24)26-17(27-19(16)29(2)28-11)12-3-7-14(21)8-4-12/h3-10H,1-2H3,(H,25,26,27). The van der Waals surface area contributed by atoms with Crippen molar-refractivity contribution in [2.45, 2.75) is 13.1 Å². The highest BCUT2D eigenvalue weighted by atomic mass is 19.4. The summed E-state index contributed by atoms with van der Waals surface area (Å²) in [6.07, 6.45) is -4.41. The van der Waals surface area contributed by atoms with Crippen molar-refractivity contribution < 1.29 is 17.6 Å². The van der Waals surface area contributed by atoms with Gasteiger partial charge in [0.25, 0.3) is 0 Å². The molecule has 0 bridgehead atoms. The molecule has 29 heavy (non-hydrogen) atoms. The van der Waals surface area contributed by atoms with E-state index in [1.165, 1.54) is 24.3 Å². The molecular formula is C20H15F4N5. The van der Waals surface area contributed by atoms with Crippen LogP contribution in [0.1, 0.15) is 11.3 Å². The van der Waals surface area contributed by atoms with E-state index in [0.717, 1.165) is 12.1 Å². The van der Waals surface area contributed by atoms with E-state index in [0.29, 0.717) is 39.6 Å². The zero-order chi connectivity index (χ0) is 20.8. The van der Waals surface area contributed by atoms with E-state index in [9.17, 15) is 17.6 Å². The molecule has 0 fully saturated rings. The summed E-state index contributed by atoms with van der Waals surface area (Å²) in [6.45, 7) is 1.79. The molecule has 0 radical (unpaired) electrons. The molecule has 5 nitrogen and oxygen atoms in total. The number of benzene rings is 2. The molecule has 0 atom stereocenters. The van der Waals surface area contributed by atoms with Crippen LogP contribution < -0.4 is 5.32 Å². The lowest BCUT2D eigenvalue weighted by Crippen LogP contribution is -2.05. The van der Waals surface area contributed by atoms with Gasteiger partial charge in [0.15, 0.2) is 11.5 Å². The average molecular weight is 401 g/mol. The predicted octanol–water partition coefficient (Wildman–Crippen LogP) is 5.24. The minimum atomic E-state index is -4.41. The first-order valence-corrected chi connectivity index (χ1v) is 8.64. The molecule has 0 saturated carbocycles. The molecule has 0 saturated heterocycles. The maximum absolute atomic E-state index is 13.3. The van der Waals surface area contributed by atoms with Crippen molar-refractivity contribution in [3.63, 3.8) is 0 Å². The van der Waals surface area contributed by atoms with Crippen molar-refractivity contribution in [1.82, 2.24) is 19.7 Å². The topological polar surface area (TPSA) is 55.6 Å². The lowest BCUT2D eigenvalue weighted by molar-refractivity contribution is -0.137. The number of aromatic nitrogens is 4. The molecule has 0 aliphatic carbocycles. The van der Waals surface area contributed by atoms with Crippen molar-refractivity contribution in [2.75, 3.05) is 5.32 Å². The van der Waals surface area contributed by atoms with Gasteiger partial charge in [0.1, 0.15) is 11.6 Å². The summed E-state index contributed by atoms with van der Waals surface area (Å²) in [5, 5.41) is 8.06. The Morgan fingerprint density at radius 3 is 2.21 bits per heavy atom. The van der Waals surface area contributed by atoms with Gasteiger partial charge >= 0.3 is 6.18 Å². The maximum Gasteiger partial charge on any atom is 0.416 e. The van der Waals surface area contributed by atoms with Gasteiger partial charge in [0.05, 0.1) is 16.6 Å². The summed E-state index contributed by atoms with van der Waals surface area (Å²) in [6, 6.07) is 10.4. The summed E-state index contributed by atoms with van der Waals surface area (Å²) in [7, 11) is 1.73. The summed E-state index contributed by atoms with van der Waals surface area (Å²) >= 11 is 0. The Labute approximate surface area is 163 Å². The van der Waals surface area contributed by atoms with Crippen LogP contribution in [0.25, 0.3) is 22.4 Å². The second-order valence-corrected chi connectivity index (χ2v) is 6.51. The van der Waals surface area contributed by atoms with E-state index < -0.39 is 11.7 Å². The SMILES string of the molecule is Cc1nn(C)c2nc(-c3ccc(F)cc3)nc(Nc3ccc(C(F)(F)F)cc3)c12. The quantitative estimate of drug-likeness (QED) is 0.477. The summed E-state index contributed by atoms with van der Waals surface area (Å²) < 4.78 is 53.3. The normalized spacial score (nSPS) is 11.8. The Balaban J connectivity index is 1.81. The van der Waals surface area contributed by atoms with Crippen molar-refractivity contribution in [2.24, 2.45) is 7.05 Å². The number of aryl methyl sites for hydroxylation is 2. The van der Waals surface area contributed by atoms with E-state index in [1.54, 1.807) is 30.8 Å². The van der Waals surface area contributed by atoms with E-state index in [2.05, 4.69) is 20.4 Å². The number of nitrogens with one attached hydrogen (secondary N) is 1. The molecule has 2 aromatic carbocycles. The fourth-order valence-electron chi connectivity index (χ4n) is 3.04. The molecule has 0 aliphatic heterocycles. The Kier molecular flexibility index (Phi) is 4.45. The van der Waals surface area contributed by atoms with Gasteiger partial charge in [-0.05, 0) is 55.5 Å². The van der Waals surface area contributed by atoms with Crippen LogP contribution >= 0.6 is 0 Å². The maximum atomic E-state index is 13.3. The number of anilines is 2. The van der Waals surface area contributed by atoms with Gasteiger partial charge in [-0.3, -0.25) is 4.68 Å². The lowest BCUT2D eigenvalue weighted by atomic mass is 10.2. The first kappa shape index (κ1) is 18.9. The molecule has 4 rings (SSSR count). The number of hydrogen-bond donors (Lipinski definition) is 1. The van der Waals surface area contributed by atoms with E-state index in [-0.39, 0.29) is 5.82 Å².